The standard InChI is InChI=1S/C13H18FN3/c1-4-7-13(2,15)12-16-10-8-9(14)5-6-11(10)17(12)3/h5-6,8H,4,7,15H2,1-3H3. The van der Waals surface area contributed by atoms with Crippen LogP contribution in [-0.2, 0) is 12.6 Å². The number of hydrogen-bond donors (Lipinski definition) is 1. The molecule has 1 aromatic carbocycles. The highest BCUT2D eigenvalue weighted by molar-refractivity contribution is 5.76. The maximum Gasteiger partial charge on any atom is 0.129 e. The minimum absolute atomic E-state index is 0.267. The highest BCUT2D eigenvalue weighted by Crippen LogP contribution is 2.26. The molecule has 0 amide bonds. The predicted octanol–water partition coefficient (Wildman–Crippen LogP) is 2.69. The van der Waals surface area contributed by atoms with Crippen LogP contribution < -0.4 is 5.73 Å². The maximum atomic E-state index is 13.1. The van der Waals surface area contributed by atoms with Crippen LogP contribution >= 0.6 is 0 Å². The first-order valence-electron chi connectivity index (χ1n) is 5.87. The highest BCUT2D eigenvalue weighted by Gasteiger charge is 2.26. The van der Waals surface area contributed by atoms with E-state index in [2.05, 4.69) is 11.9 Å². The minimum atomic E-state index is -0.473. The number of fused-ring (bicyclic) bond motifs is 1. The molecule has 4 heteroatoms. The lowest BCUT2D eigenvalue weighted by Gasteiger charge is -2.23. The van der Waals surface area contributed by atoms with E-state index < -0.39 is 5.54 Å². The third-order valence-electron chi connectivity index (χ3n) is 3.12. The van der Waals surface area contributed by atoms with E-state index in [-0.39, 0.29) is 5.82 Å². The summed E-state index contributed by atoms with van der Waals surface area (Å²) >= 11 is 0. The molecule has 0 radical (unpaired) electrons. The van der Waals surface area contributed by atoms with Crippen molar-refractivity contribution in [2.45, 2.75) is 32.2 Å². The summed E-state index contributed by atoms with van der Waals surface area (Å²) in [5.74, 6) is 0.538. The SMILES string of the molecule is CCCC(C)(N)c1nc2cc(F)ccc2n1C. The molecular formula is C13H18FN3. The molecule has 0 aliphatic carbocycles. The van der Waals surface area contributed by atoms with Crippen LogP contribution in [0.5, 0.6) is 0 Å². The van der Waals surface area contributed by atoms with E-state index in [1.807, 2.05) is 18.5 Å². The van der Waals surface area contributed by atoms with E-state index in [0.29, 0.717) is 5.52 Å². The lowest BCUT2D eigenvalue weighted by atomic mass is 9.97. The number of rotatable bonds is 3. The third kappa shape index (κ3) is 2.05. The van der Waals surface area contributed by atoms with Crippen LogP contribution in [0, 0.1) is 5.82 Å². The van der Waals surface area contributed by atoms with Crippen LogP contribution in [-0.4, -0.2) is 9.55 Å². The molecule has 0 spiro atoms. The monoisotopic (exact) mass is 235 g/mol. The minimum Gasteiger partial charge on any atom is -0.330 e. The summed E-state index contributed by atoms with van der Waals surface area (Å²) in [4.78, 5) is 4.46. The first-order valence-corrected chi connectivity index (χ1v) is 5.87. The van der Waals surface area contributed by atoms with Gasteiger partial charge in [-0.15, -0.1) is 0 Å². The Morgan fingerprint density at radius 2 is 2.18 bits per heavy atom. The summed E-state index contributed by atoms with van der Waals surface area (Å²) in [6, 6.07) is 4.63. The molecule has 3 nitrogen and oxygen atoms in total. The summed E-state index contributed by atoms with van der Waals surface area (Å²) < 4.78 is 15.1. The Morgan fingerprint density at radius 3 is 2.82 bits per heavy atom. The van der Waals surface area contributed by atoms with Crippen molar-refractivity contribution < 1.29 is 4.39 Å². The van der Waals surface area contributed by atoms with Gasteiger partial charge in [0.15, 0.2) is 0 Å². The van der Waals surface area contributed by atoms with Crippen molar-refractivity contribution >= 4 is 11.0 Å². The van der Waals surface area contributed by atoms with Crippen molar-refractivity contribution in [1.82, 2.24) is 9.55 Å². The first-order chi connectivity index (χ1) is 7.95. The molecule has 0 fully saturated rings. The van der Waals surface area contributed by atoms with Gasteiger partial charge < -0.3 is 10.3 Å². The average Bonchev–Trinajstić information content (AvgIpc) is 2.56. The van der Waals surface area contributed by atoms with Gasteiger partial charge in [0.05, 0.1) is 16.6 Å². The maximum absolute atomic E-state index is 13.1. The quantitative estimate of drug-likeness (QED) is 0.888. The number of nitrogens with zero attached hydrogens (tertiary/aromatic N) is 2. The number of imidazole rings is 1. The molecule has 0 saturated heterocycles. The van der Waals surface area contributed by atoms with Gasteiger partial charge in [0.2, 0.25) is 0 Å². The zero-order valence-corrected chi connectivity index (χ0v) is 10.5. The van der Waals surface area contributed by atoms with Gasteiger partial charge in [-0.3, -0.25) is 0 Å². The van der Waals surface area contributed by atoms with Gasteiger partial charge in [0.25, 0.3) is 0 Å². The lowest BCUT2D eigenvalue weighted by molar-refractivity contribution is 0.410. The number of nitrogens with two attached hydrogens (primary N) is 1. The molecule has 0 aliphatic heterocycles. The molecule has 1 aromatic heterocycles. The first kappa shape index (κ1) is 12.0. The van der Waals surface area contributed by atoms with E-state index in [0.717, 1.165) is 24.2 Å². The Hall–Kier alpha value is -1.42. The van der Waals surface area contributed by atoms with E-state index in [1.165, 1.54) is 12.1 Å². The van der Waals surface area contributed by atoms with Gasteiger partial charge in [-0.1, -0.05) is 13.3 Å². The fourth-order valence-corrected chi connectivity index (χ4v) is 2.31. The van der Waals surface area contributed by atoms with E-state index in [1.54, 1.807) is 6.07 Å². The van der Waals surface area contributed by atoms with Gasteiger partial charge >= 0.3 is 0 Å². The smallest absolute Gasteiger partial charge is 0.129 e. The Bertz CT molecular complexity index is 543. The van der Waals surface area contributed by atoms with Gasteiger partial charge in [-0.2, -0.15) is 0 Å². The van der Waals surface area contributed by atoms with Crippen LogP contribution in [0.4, 0.5) is 4.39 Å². The summed E-state index contributed by atoms with van der Waals surface area (Å²) in [5.41, 5.74) is 7.37. The Labute approximate surface area is 100 Å². The number of benzene rings is 1. The van der Waals surface area contributed by atoms with Gasteiger partial charge in [0, 0.05) is 13.1 Å². The number of aryl methyl sites for hydroxylation is 1. The summed E-state index contributed by atoms with van der Waals surface area (Å²) in [7, 11) is 1.92. The van der Waals surface area contributed by atoms with E-state index in [4.69, 9.17) is 5.73 Å². The second kappa shape index (κ2) is 4.11. The van der Waals surface area contributed by atoms with Crippen molar-refractivity contribution in [3.63, 3.8) is 0 Å². The highest BCUT2D eigenvalue weighted by atomic mass is 19.1. The number of halogens is 1. The summed E-state index contributed by atoms with van der Waals surface area (Å²) in [6.45, 7) is 4.06. The van der Waals surface area contributed by atoms with Crippen LogP contribution in [0.15, 0.2) is 18.2 Å². The zero-order valence-electron chi connectivity index (χ0n) is 10.5. The average molecular weight is 235 g/mol. The predicted molar refractivity (Wildman–Crippen MR) is 67.1 cm³/mol. The zero-order chi connectivity index (χ0) is 12.6. The van der Waals surface area contributed by atoms with Crippen LogP contribution in [0.2, 0.25) is 0 Å². The molecular weight excluding hydrogens is 217 g/mol. The fourth-order valence-electron chi connectivity index (χ4n) is 2.31. The Morgan fingerprint density at radius 1 is 1.47 bits per heavy atom. The summed E-state index contributed by atoms with van der Waals surface area (Å²) in [6.07, 6.45) is 1.84. The van der Waals surface area contributed by atoms with Gasteiger partial charge in [-0.25, -0.2) is 9.37 Å². The van der Waals surface area contributed by atoms with Crippen molar-refractivity contribution in [3.8, 4) is 0 Å². The Balaban J connectivity index is 2.59. The van der Waals surface area contributed by atoms with Crippen LogP contribution in [0.25, 0.3) is 11.0 Å². The molecule has 17 heavy (non-hydrogen) atoms. The second-order valence-electron chi connectivity index (χ2n) is 4.79. The topological polar surface area (TPSA) is 43.8 Å². The van der Waals surface area contributed by atoms with Crippen molar-refractivity contribution in [2.24, 2.45) is 12.8 Å². The van der Waals surface area contributed by atoms with E-state index >= 15 is 0 Å². The molecule has 0 saturated carbocycles. The molecule has 1 heterocycles. The third-order valence-corrected chi connectivity index (χ3v) is 3.12. The number of aromatic nitrogens is 2. The fraction of sp³-hybridized carbons (Fsp3) is 0.462. The van der Waals surface area contributed by atoms with Crippen molar-refractivity contribution in [3.05, 3.63) is 29.8 Å². The molecule has 0 bridgehead atoms. The second-order valence-corrected chi connectivity index (χ2v) is 4.79. The Kier molecular flexibility index (Phi) is 2.91. The van der Waals surface area contributed by atoms with Gasteiger partial charge in [0.1, 0.15) is 11.6 Å². The number of hydrogen-bond acceptors (Lipinski definition) is 2. The summed E-state index contributed by atoms with van der Waals surface area (Å²) in [5, 5.41) is 0. The molecule has 2 N–H and O–H groups in total. The molecule has 2 rings (SSSR count). The normalized spacial score (nSPS) is 15.1. The lowest BCUT2D eigenvalue weighted by Crippen LogP contribution is -2.35. The molecule has 1 unspecified atom stereocenters. The van der Waals surface area contributed by atoms with Crippen LogP contribution in [0.1, 0.15) is 32.5 Å². The molecule has 2 aromatic rings. The van der Waals surface area contributed by atoms with E-state index in [9.17, 15) is 4.39 Å². The molecule has 0 aliphatic rings. The molecule has 1 atom stereocenters. The van der Waals surface area contributed by atoms with Crippen LogP contribution in [0.3, 0.4) is 0 Å². The largest absolute Gasteiger partial charge is 0.330 e. The van der Waals surface area contributed by atoms with Gasteiger partial charge in [-0.05, 0) is 25.5 Å². The van der Waals surface area contributed by atoms with Crippen molar-refractivity contribution in [1.29, 1.82) is 0 Å². The van der Waals surface area contributed by atoms with Crippen molar-refractivity contribution in [2.75, 3.05) is 0 Å². The molecule has 92 valence electrons.